The van der Waals surface area contributed by atoms with Crippen LogP contribution >= 0.6 is 11.8 Å². The Morgan fingerprint density at radius 2 is 2.50 bits per heavy atom. The van der Waals surface area contributed by atoms with E-state index < -0.39 is 0 Å². The van der Waals surface area contributed by atoms with Gasteiger partial charge in [-0.1, -0.05) is 0 Å². The van der Waals surface area contributed by atoms with Crippen LogP contribution in [-0.2, 0) is 7.05 Å². The molecule has 0 unspecified atom stereocenters. The number of nitrogens with one attached hydrogen (secondary N) is 1. The molecule has 0 atom stereocenters. The third-order valence-corrected chi connectivity index (χ3v) is 2.56. The van der Waals surface area contributed by atoms with Crippen LogP contribution in [0.4, 0.5) is 0 Å². The van der Waals surface area contributed by atoms with Crippen molar-refractivity contribution in [3.8, 4) is 0 Å². The molecule has 0 aromatic carbocycles. The summed E-state index contributed by atoms with van der Waals surface area (Å²) >= 11 is 1.86. The molecule has 12 heavy (non-hydrogen) atoms. The van der Waals surface area contributed by atoms with Crippen LogP contribution in [0.25, 0.3) is 0 Å². The SMILES string of the molecule is CNCCCSc1cnn(C)c1. The molecule has 0 fully saturated rings. The maximum absolute atomic E-state index is 4.10. The van der Waals surface area contributed by atoms with Gasteiger partial charge >= 0.3 is 0 Å². The monoisotopic (exact) mass is 185 g/mol. The average Bonchev–Trinajstić information content (AvgIpc) is 2.45. The fraction of sp³-hybridized carbons (Fsp3) is 0.625. The van der Waals surface area contributed by atoms with Crippen LogP contribution < -0.4 is 5.32 Å². The van der Waals surface area contributed by atoms with Crippen molar-refractivity contribution >= 4 is 11.8 Å². The largest absolute Gasteiger partial charge is 0.320 e. The molecule has 0 aliphatic rings. The van der Waals surface area contributed by atoms with Crippen molar-refractivity contribution in [2.24, 2.45) is 7.05 Å². The van der Waals surface area contributed by atoms with Crippen molar-refractivity contribution in [2.75, 3.05) is 19.3 Å². The van der Waals surface area contributed by atoms with Gasteiger partial charge in [-0.15, -0.1) is 11.8 Å². The van der Waals surface area contributed by atoms with Gasteiger partial charge in [0.1, 0.15) is 0 Å². The van der Waals surface area contributed by atoms with Gasteiger partial charge in [0.2, 0.25) is 0 Å². The summed E-state index contributed by atoms with van der Waals surface area (Å²) in [5.74, 6) is 1.16. The van der Waals surface area contributed by atoms with Gasteiger partial charge in [0.25, 0.3) is 0 Å². The molecule has 0 aliphatic carbocycles. The van der Waals surface area contributed by atoms with E-state index >= 15 is 0 Å². The Labute approximate surface area is 77.5 Å². The van der Waals surface area contributed by atoms with Crippen LogP contribution in [0.1, 0.15) is 6.42 Å². The molecule has 68 valence electrons. The topological polar surface area (TPSA) is 29.9 Å². The highest BCUT2D eigenvalue weighted by Gasteiger charge is 1.95. The lowest BCUT2D eigenvalue weighted by atomic mass is 10.5. The van der Waals surface area contributed by atoms with Crippen LogP contribution in [0.15, 0.2) is 17.3 Å². The van der Waals surface area contributed by atoms with E-state index in [1.807, 2.05) is 42.9 Å². The summed E-state index contributed by atoms with van der Waals surface area (Å²) in [6.45, 7) is 1.09. The summed E-state index contributed by atoms with van der Waals surface area (Å²) in [5.41, 5.74) is 0. The van der Waals surface area contributed by atoms with Gasteiger partial charge in [0.05, 0.1) is 6.20 Å². The molecule has 1 aromatic heterocycles. The minimum atomic E-state index is 1.09. The van der Waals surface area contributed by atoms with Gasteiger partial charge in [-0.05, 0) is 25.8 Å². The highest BCUT2D eigenvalue weighted by Crippen LogP contribution is 2.16. The van der Waals surface area contributed by atoms with Gasteiger partial charge in [0, 0.05) is 18.1 Å². The summed E-state index contributed by atoms with van der Waals surface area (Å²) in [4.78, 5) is 1.26. The zero-order chi connectivity index (χ0) is 8.81. The molecule has 0 saturated carbocycles. The Balaban J connectivity index is 2.15. The van der Waals surface area contributed by atoms with Crippen molar-refractivity contribution in [3.63, 3.8) is 0 Å². The number of hydrogen-bond donors (Lipinski definition) is 1. The maximum Gasteiger partial charge on any atom is 0.0625 e. The van der Waals surface area contributed by atoms with Crippen LogP contribution in [0.5, 0.6) is 0 Å². The first kappa shape index (κ1) is 9.61. The Hall–Kier alpha value is -0.480. The van der Waals surface area contributed by atoms with E-state index in [-0.39, 0.29) is 0 Å². The summed E-state index contributed by atoms with van der Waals surface area (Å²) in [6.07, 6.45) is 5.16. The molecule has 4 heteroatoms. The van der Waals surface area contributed by atoms with Gasteiger partial charge in [0.15, 0.2) is 0 Å². The highest BCUT2D eigenvalue weighted by atomic mass is 32.2. The smallest absolute Gasteiger partial charge is 0.0625 e. The predicted octanol–water partition coefficient (Wildman–Crippen LogP) is 1.12. The Kier molecular flexibility index (Phi) is 4.18. The fourth-order valence-electron chi connectivity index (χ4n) is 0.912. The van der Waals surface area contributed by atoms with Crippen molar-refractivity contribution in [1.82, 2.24) is 15.1 Å². The van der Waals surface area contributed by atoms with E-state index in [1.165, 1.54) is 11.3 Å². The van der Waals surface area contributed by atoms with Gasteiger partial charge in [-0.3, -0.25) is 4.68 Å². The molecule has 0 aliphatic heterocycles. The summed E-state index contributed by atoms with van der Waals surface area (Å²) < 4.78 is 1.83. The molecule has 0 radical (unpaired) electrons. The molecular formula is C8H15N3S. The fourth-order valence-corrected chi connectivity index (χ4v) is 1.79. The summed E-state index contributed by atoms with van der Waals surface area (Å²) in [7, 11) is 3.92. The molecule has 1 N–H and O–H groups in total. The molecule has 0 spiro atoms. The third kappa shape index (κ3) is 3.28. The second-order valence-corrected chi connectivity index (χ2v) is 3.82. The zero-order valence-corrected chi connectivity index (χ0v) is 8.40. The minimum absolute atomic E-state index is 1.09. The molecule has 1 rings (SSSR count). The Morgan fingerprint density at radius 1 is 1.67 bits per heavy atom. The van der Waals surface area contributed by atoms with E-state index in [2.05, 4.69) is 10.4 Å². The maximum atomic E-state index is 4.10. The third-order valence-electron chi connectivity index (χ3n) is 1.52. The van der Waals surface area contributed by atoms with Crippen molar-refractivity contribution < 1.29 is 0 Å². The standard InChI is InChI=1S/C8H15N3S/c1-9-4-3-5-12-8-6-10-11(2)7-8/h6-7,9H,3-5H2,1-2H3. The number of thioether (sulfide) groups is 1. The molecule has 0 bridgehead atoms. The van der Waals surface area contributed by atoms with Crippen molar-refractivity contribution in [3.05, 3.63) is 12.4 Å². The number of aromatic nitrogens is 2. The van der Waals surface area contributed by atoms with Crippen LogP contribution in [-0.4, -0.2) is 29.1 Å². The highest BCUT2D eigenvalue weighted by molar-refractivity contribution is 7.99. The van der Waals surface area contributed by atoms with E-state index in [0.29, 0.717) is 0 Å². The normalized spacial score (nSPS) is 10.5. The first-order valence-corrected chi connectivity index (χ1v) is 5.07. The molecular weight excluding hydrogens is 170 g/mol. The van der Waals surface area contributed by atoms with E-state index in [9.17, 15) is 0 Å². The lowest BCUT2D eigenvalue weighted by Crippen LogP contribution is -2.07. The van der Waals surface area contributed by atoms with Gasteiger partial charge < -0.3 is 5.32 Å². The number of aryl methyl sites for hydroxylation is 1. The quantitative estimate of drug-likeness (QED) is 0.551. The number of hydrogen-bond acceptors (Lipinski definition) is 3. The van der Waals surface area contributed by atoms with Gasteiger partial charge in [-0.25, -0.2) is 0 Å². The van der Waals surface area contributed by atoms with Crippen molar-refractivity contribution in [1.29, 1.82) is 0 Å². The molecule has 1 aromatic rings. The van der Waals surface area contributed by atoms with E-state index in [0.717, 1.165) is 12.3 Å². The zero-order valence-electron chi connectivity index (χ0n) is 7.58. The minimum Gasteiger partial charge on any atom is -0.320 e. The first-order chi connectivity index (χ1) is 5.83. The van der Waals surface area contributed by atoms with Crippen LogP contribution in [0.3, 0.4) is 0 Å². The number of nitrogens with zero attached hydrogens (tertiary/aromatic N) is 2. The average molecular weight is 185 g/mol. The lowest BCUT2D eigenvalue weighted by Gasteiger charge is -1.97. The summed E-state index contributed by atoms with van der Waals surface area (Å²) in [5, 5.41) is 7.22. The summed E-state index contributed by atoms with van der Waals surface area (Å²) in [6, 6.07) is 0. The Morgan fingerprint density at radius 3 is 3.08 bits per heavy atom. The Bertz CT molecular complexity index is 222. The van der Waals surface area contributed by atoms with E-state index in [1.54, 1.807) is 0 Å². The second-order valence-electron chi connectivity index (χ2n) is 2.66. The van der Waals surface area contributed by atoms with Crippen LogP contribution in [0, 0.1) is 0 Å². The van der Waals surface area contributed by atoms with Gasteiger partial charge in [-0.2, -0.15) is 5.10 Å². The van der Waals surface area contributed by atoms with E-state index in [4.69, 9.17) is 0 Å². The number of rotatable bonds is 5. The second kappa shape index (κ2) is 5.22. The first-order valence-electron chi connectivity index (χ1n) is 4.09. The molecule has 0 saturated heterocycles. The molecule has 0 amide bonds. The molecule has 3 nitrogen and oxygen atoms in total. The van der Waals surface area contributed by atoms with Crippen LogP contribution in [0.2, 0.25) is 0 Å². The molecule has 1 heterocycles. The predicted molar refractivity (Wildman–Crippen MR) is 52.5 cm³/mol. The lowest BCUT2D eigenvalue weighted by molar-refractivity contribution is 0.766. The van der Waals surface area contributed by atoms with Crippen molar-refractivity contribution in [2.45, 2.75) is 11.3 Å².